The molecule has 1 atom stereocenters. The number of hydrogen-bond acceptors (Lipinski definition) is 4. The molecule has 0 fully saturated rings. The number of para-hydroxylation sites is 1. The monoisotopic (exact) mass is 536 g/mol. The number of hydrogen-bond donors (Lipinski definition) is 1. The van der Waals surface area contributed by atoms with Crippen molar-refractivity contribution in [1.29, 1.82) is 0 Å². The Morgan fingerprint density at radius 3 is 2.55 bits per heavy atom. The molecule has 3 aromatic carbocycles. The van der Waals surface area contributed by atoms with E-state index in [9.17, 15) is 14.0 Å². The molecule has 8 heteroatoms. The van der Waals surface area contributed by atoms with E-state index >= 15 is 0 Å². The van der Waals surface area contributed by atoms with E-state index in [1.54, 1.807) is 56.6 Å². The van der Waals surface area contributed by atoms with Crippen LogP contribution in [-0.2, 0) is 16.9 Å². The van der Waals surface area contributed by atoms with Crippen LogP contribution in [-0.4, -0.2) is 28.5 Å². The van der Waals surface area contributed by atoms with Gasteiger partial charge in [-0.1, -0.05) is 31.5 Å². The summed E-state index contributed by atoms with van der Waals surface area (Å²) in [5.74, 6) is -0.697. The van der Waals surface area contributed by atoms with Crippen LogP contribution in [0.4, 0.5) is 15.8 Å². The number of halogens is 1. The van der Waals surface area contributed by atoms with E-state index in [0.717, 1.165) is 41.2 Å². The van der Waals surface area contributed by atoms with E-state index in [1.807, 2.05) is 18.2 Å². The summed E-state index contributed by atoms with van der Waals surface area (Å²) in [5.41, 5.74) is 2.52. The summed E-state index contributed by atoms with van der Waals surface area (Å²) in [6, 6.07) is 20.9. The third kappa shape index (κ3) is 3.99. The molecule has 5 aromatic rings. The van der Waals surface area contributed by atoms with E-state index in [-0.39, 0.29) is 11.6 Å². The fourth-order valence-corrected chi connectivity index (χ4v) is 5.57. The summed E-state index contributed by atoms with van der Waals surface area (Å²) in [7, 11) is 1.54. The first-order valence-electron chi connectivity index (χ1n) is 13.3. The number of carbonyl (C=O) groups excluding carboxylic acids is 2. The molecule has 1 aliphatic heterocycles. The molecule has 0 bridgehead atoms. The lowest BCUT2D eigenvalue weighted by atomic mass is 9.93. The molecule has 7 nitrogen and oxygen atoms in total. The van der Waals surface area contributed by atoms with Gasteiger partial charge in [0.25, 0.3) is 11.8 Å². The van der Waals surface area contributed by atoms with E-state index in [1.165, 1.54) is 17.0 Å². The van der Waals surface area contributed by atoms with E-state index < -0.39 is 17.3 Å². The second-order valence-corrected chi connectivity index (χ2v) is 10.2. The topological polar surface area (TPSA) is 76.5 Å². The van der Waals surface area contributed by atoms with Crippen LogP contribution in [0.15, 0.2) is 79.0 Å². The average Bonchev–Trinajstić information content (AvgIpc) is 3.40. The van der Waals surface area contributed by atoms with Gasteiger partial charge in [-0.25, -0.2) is 9.37 Å². The maximum absolute atomic E-state index is 14.0. The Balaban J connectivity index is 1.41. The molecule has 1 aliphatic rings. The molecule has 6 rings (SSSR count). The molecule has 0 radical (unpaired) electrons. The van der Waals surface area contributed by atoms with Crippen molar-refractivity contribution >= 4 is 45.0 Å². The summed E-state index contributed by atoms with van der Waals surface area (Å²) in [4.78, 5) is 33.7. The molecule has 0 spiro atoms. The van der Waals surface area contributed by atoms with Crippen LogP contribution in [0.2, 0.25) is 0 Å². The number of rotatable bonds is 7. The van der Waals surface area contributed by atoms with Gasteiger partial charge in [-0.15, -0.1) is 0 Å². The van der Waals surface area contributed by atoms with Gasteiger partial charge in [-0.2, -0.15) is 0 Å². The molecule has 1 N–H and O–H groups in total. The first kappa shape index (κ1) is 25.6. The van der Waals surface area contributed by atoms with Gasteiger partial charge < -0.3 is 14.6 Å². The van der Waals surface area contributed by atoms with E-state index in [4.69, 9.17) is 4.74 Å². The normalized spacial score (nSPS) is 16.5. The number of methoxy groups -OCH3 is 1. The highest BCUT2D eigenvalue weighted by Gasteiger charge is 2.49. The van der Waals surface area contributed by atoms with Crippen LogP contribution in [0.5, 0.6) is 5.75 Å². The number of nitrogens with one attached hydrogen (secondary N) is 1. The van der Waals surface area contributed by atoms with Crippen molar-refractivity contribution < 1.29 is 18.7 Å². The Hall–Kier alpha value is -4.72. The van der Waals surface area contributed by atoms with Crippen molar-refractivity contribution in [3.05, 3.63) is 96.1 Å². The number of amides is 2. The number of nitrogens with zero attached hydrogens (tertiary/aromatic N) is 3. The van der Waals surface area contributed by atoms with Crippen molar-refractivity contribution in [3.8, 4) is 5.75 Å². The van der Waals surface area contributed by atoms with Crippen molar-refractivity contribution in [2.75, 3.05) is 12.0 Å². The second kappa shape index (κ2) is 9.79. The molecule has 2 amide bonds. The number of anilines is 2. The predicted molar refractivity (Wildman–Crippen MR) is 154 cm³/mol. The molecular weight excluding hydrogens is 507 g/mol. The van der Waals surface area contributed by atoms with Gasteiger partial charge in [-0.3, -0.25) is 14.5 Å². The second-order valence-electron chi connectivity index (χ2n) is 10.2. The summed E-state index contributed by atoms with van der Waals surface area (Å²) in [6.07, 6.45) is 3.83. The molecule has 0 aliphatic carbocycles. The van der Waals surface area contributed by atoms with Crippen LogP contribution in [0.25, 0.3) is 21.8 Å². The van der Waals surface area contributed by atoms with Gasteiger partial charge in [-0.05, 0) is 67.9 Å². The number of ether oxygens (including phenoxy) is 1. The molecule has 40 heavy (non-hydrogen) atoms. The quantitative estimate of drug-likeness (QED) is 0.259. The molecular formula is C32H29FN4O3. The highest BCUT2D eigenvalue weighted by atomic mass is 19.1. The average molecular weight is 537 g/mol. The zero-order valence-corrected chi connectivity index (χ0v) is 22.6. The lowest BCUT2D eigenvalue weighted by Crippen LogP contribution is -2.50. The van der Waals surface area contributed by atoms with Crippen LogP contribution in [0.3, 0.4) is 0 Å². The fourth-order valence-electron chi connectivity index (χ4n) is 5.57. The third-order valence-electron chi connectivity index (χ3n) is 7.69. The summed E-state index contributed by atoms with van der Waals surface area (Å²) in [6.45, 7) is 4.69. The Labute approximate surface area is 231 Å². The number of aryl methyl sites for hydroxylation is 1. The minimum Gasteiger partial charge on any atom is -0.497 e. The number of unbranched alkanes of at least 4 members (excludes halogenated alkanes) is 1. The van der Waals surface area contributed by atoms with Gasteiger partial charge in [0.05, 0.1) is 24.5 Å². The first-order valence-corrected chi connectivity index (χ1v) is 13.3. The van der Waals surface area contributed by atoms with Gasteiger partial charge >= 0.3 is 0 Å². The Kier molecular flexibility index (Phi) is 6.25. The molecule has 3 heterocycles. The smallest absolute Gasteiger partial charge is 0.271 e. The standard InChI is InChI=1S/C32H29FN4O3/c1-4-5-16-36-27-9-7-6-8-23(27)24-18-26(34-19-29(24)36)30(38)35-32(2)25-17-22(40-3)14-15-28(25)37(31(32)39)21-12-10-20(33)11-13-21/h6-15,17-19H,4-5,16H2,1-3H3,(H,35,38)/t32-/m0/s1. The lowest BCUT2D eigenvalue weighted by molar-refractivity contribution is -0.122. The number of benzene rings is 3. The minimum absolute atomic E-state index is 0.213. The predicted octanol–water partition coefficient (Wildman–Crippen LogP) is 6.46. The maximum atomic E-state index is 14.0. The van der Waals surface area contributed by atoms with Crippen molar-refractivity contribution in [2.24, 2.45) is 0 Å². The number of aromatic nitrogens is 2. The number of fused-ring (bicyclic) bond motifs is 4. The summed E-state index contributed by atoms with van der Waals surface area (Å²) >= 11 is 0. The highest BCUT2D eigenvalue weighted by molar-refractivity contribution is 6.15. The Morgan fingerprint density at radius 1 is 1.02 bits per heavy atom. The Morgan fingerprint density at radius 2 is 1.80 bits per heavy atom. The first-order chi connectivity index (χ1) is 19.4. The molecule has 0 unspecified atom stereocenters. The maximum Gasteiger partial charge on any atom is 0.271 e. The zero-order valence-electron chi connectivity index (χ0n) is 22.6. The molecule has 2 aromatic heterocycles. The fraction of sp³-hybridized carbons (Fsp3) is 0.219. The van der Waals surface area contributed by atoms with Crippen molar-refractivity contribution in [2.45, 2.75) is 38.8 Å². The van der Waals surface area contributed by atoms with Crippen LogP contribution in [0.1, 0.15) is 42.7 Å². The van der Waals surface area contributed by atoms with Gasteiger partial charge in [0.15, 0.2) is 0 Å². The highest BCUT2D eigenvalue weighted by Crippen LogP contribution is 2.45. The SMILES string of the molecule is CCCCn1c2ccccc2c2cc(C(=O)N[C@]3(C)C(=O)N(c4ccc(F)cc4)c4ccc(OC)cc43)ncc21. The van der Waals surface area contributed by atoms with Crippen molar-refractivity contribution in [1.82, 2.24) is 14.9 Å². The molecule has 0 saturated carbocycles. The van der Waals surface area contributed by atoms with Crippen LogP contribution >= 0.6 is 0 Å². The van der Waals surface area contributed by atoms with Crippen molar-refractivity contribution in [3.63, 3.8) is 0 Å². The van der Waals surface area contributed by atoms with E-state index in [2.05, 4.69) is 27.9 Å². The lowest BCUT2D eigenvalue weighted by Gasteiger charge is -2.26. The number of pyridine rings is 1. The largest absolute Gasteiger partial charge is 0.497 e. The van der Waals surface area contributed by atoms with Gasteiger partial charge in [0.1, 0.15) is 22.8 Å². The molecule has 0 saturated heterocycles. The molecule has 202 valence electrons. The summed E-state index contributed by atoms with van der Waals surface area (Å²) in [5, 5.41) is 4.95. The minimum atomic E-state index is -1.42. The van der Waals surface area contributed by atoms with Gasteiger partial charge in [0.2, 0.25) is 0 Å². The van der Waals surface area contributed by atoms with Crippen LogP contribution < -0.4 is 15.0 Å². The third-order valence-corrected chi connectivity index (χ3v) is 7.69. The Bertz CT molecular complexity index is 1780. The number of carbonyl (C=O) groups is 2. The van der Waals surface area contributed by atoms with Crippen LogP contribution in [0, 0.1) is 5.82 Å². The van der Waals surface area contributed by atoms with Gasteiger partial charge in [0, 0.05) is 34.1 Å². The van der Waals surface area contributed by atoms with E-state index in [0.29, 0.717) is 22.7 Å². The summed E-state index contributed by atoms with van der Waals surface area (Å²) < 4.78 is 21.3. The zero-order chi connectivity index (χ0) is 28.0.